The summed E-state index contributed by atoms with van der Waals surface area (Å²) < 4.78 is 38.9. The van der Waals surface area contributed by atoms with Gasteiger partial charge in [-0.05, 0) is 11.6 Å². The Hall–Kier alpha value is -2.82. The highest BCUT2D eigenvalue weighted by Gasteiger charge is 2.33. The molecule has 3 rings (SSSR count). The van der Waals surface area contributed by atoms with E-state index in [1.54, 1.807) is 15.9 Å². The second kappa shape index (κ2) is 9.33. The lowest BCUT2D eigenvalue weighted by molar-refractivity contribution is -0.137. The lowest BCUT2D eigenvalue weighted by Gasteiger charge is -2.34. The molecule has 0 aliphatic carbocycles. The van der Waals surface area contributed by atoms with Crippen molar-refractivity contribution in [1.82, 2.24) is 25.8 Å². The Labute approximate surface area is 171 Å². The van der Waals surface area contributed by atoms with Gasteiger partial charge in [0.25, 0.3) is 0 Å². The molecule has 2 saturated heterocycles. The van der Waals surface area contributed by atoms with Crippen LogP contribution in [0.15, 0.2) is 24.3 Å². The van der Waals surface area contributed by atoms with E-state index in [1.807, 2.05) is 0 Å². The topological polar surface area (TPSA) is 93.8 Å². The van der Waals surface area contributed by atoms with Gasteiger partial charge in [0.1, 0.15) is 0 Å². The number of nitrogens with zero attached hydrogens (tertiary/aromatic N) is 2. The third kappa shape index (κ3) is 5.62. The Morgan fingerprint density at radius 1 is 1.17 bits per heavy atom. The lowest BCUT2D eigenvalue weighted by atomic mass is 10.1. The second-order valence-corrected chi connectivity index (χ2v) is 7.25. The van der Waals surface area contributed by atoms with Gasteiger partial charge in [-0.15, -0.1) is 0 Å². The molecule has 1 atom stereocenters. The summed E-state index contributed by atoms with van der Waals surface area (Å²) in [5.74, 6) is -0.687. The van der Waals surface area contributed by atoms with Gasteiger partial charge in [-0.1, -0.05) is 18.2 Å². The van der Waals surface area contributed by atoms with Gasteiger partial charge in [-0.2, -0.15) is 13.2 Å². The zero-order valence-electron chi connectivity index (χ0n) is 16.3. The number of benzene rings is 1. The second-order valence-electron chi connectivity index (χ2n) is 7.25. The third-order valence-corrected chi connectivity index (χ3v) is 5.11. The number of carbonyl (C=O) groups is 3. The fourth-order valence-corrected chi connectivity index (χ4v) is 3.56. The van der Waals surface area contributed by atoms with Crippen molar-refractivity contribution < 1.29 is 27.6 Å². The van der Waals surface area contributed by atoms with Crippen LogP contribution in [0.1, 0.15) is 17.5 Å². The van der Waals surface area contributed by atoms with Gasteiger partial charge in [0.2, 0.25) is 11.8 Å². The van der Waals surface area contributed by atoms with Gasteiger partial charge >= 0.3 is 12.2 Å². The maximum Gasteiger partial charge on any atom is 0.416 e. The van der Waals surface area contributed by atoms with Gasteiger partial charge in [0.05, 0.1) is 18.0 Å². The van der Waals surface area contributed by atoms with Crippen molar-refractivity contribution in [3.8, 4) is 0 Å². The molecule has 2 fully saturated rings. The zero-order valence-corrected chi connectivity index (χ0v) is 16.3. The van der Waals surface area contributed by atoms with Crippen molar-refractivity contribution in [2.24, 2.45) is 0 Å². The lowest BCUT2D eigenvalue weighted by Crippen LogP contribution is -2.56. The van der Waals surface area contributed by atoms with Crippen LogP contribution < -0.4 is 16.0 Å². The van der Waals surface area contributed by atoms with E-state index in [0.717, 1.165) is 12.1 Å². The first-order valence-electron chi connectivity index (χ1n) is 9.71. The van der Waals surface area contributed by atoms with Crippen LogP contribution in [-0.4, -0.2) is 73.0 Å². The molecule has 0 bridgehead atoms. The molecule has 2 aliphatic heterocycles. The standard InChI is InChI=1S/C19H24F3N5O3/c20-19(21,22)14-3-1-2-13(10-14)12-27-9-5-24-17(29)15(27)11-16(28)23-4-7-26-8-6-25-18(26)30/h1-3,10,15H,4-9,11-12H2,(H,23,28)(H,24,29)(H,25,30). The van der Waals surface area contributed by atoms with E-state index >= 15 is 0 Å². The Bertz CT molecular complexity index is 802. The number of nitrogens with one attached hydrogen (secondary N) is 3. The number of rotatable bonds is 7. The maximum absolute atomic E-state index is 13.0. The van der Waals surface area contributed by atoms with Crippen molar-refractivity contribution in [3.63, 3.8) is 0 Å². The Morgan fingerprint density at radius 3 is 2.63 bits per heavy atom. The quantitative estimate of drug-likeness (QED) is 0.592. The molecule has 2 heterocycles. The predicted octanol–water partition coefficient (Wildman–Crippen LogP) is 0.537. The van der Waals surface area contributed by atoms with E-state index in [4.69, 9.17) is 0 Å². The monoisotopic (exact) mass is 427 g/mol. The highest BCUT2D eigenvalue weighted by Crippen LogP contribution is 2.30. The summed E-state index contributed by atoms with van der Waals surface area (Å²) in [4.78, 5) is 39.4. The molecular formula is C19H24F3N5O3. The molecule has 30 heavy (non-hydrogen) atoms. The first kappa shape index (κ1) is 21.9. The maximum atomic E-state index is 13.0. The van der Waals surface area contributed by atoms with Crippen LogP contribution in [0.5, 0.6) is 0 Å². The van der Waals surface area contributed by atoms with Crippen molar-refractivity contribution in [2.75, 3.05) is 39.3 Å². The molecule has 0 saturated carbocycles. The van der Waals surface area contributed by atoms with Gasteiger partial charge in [-0.3, -0.25) is 14.5 Å². The number of halogens is 3. The normalized spacial score (nSPS) is 20.1. The molecule has 11 heteroatoms. The van der Waals surface area contributed by atoms with Crippen molar-refractivity contribution in [1.29, 1.82) is 0 Å². The molecule has 1 aromatic carbocycles. The number of hydrogen-bond acceptors (Lipinski definition) is 4. The van der Waals surface area contributed by atoms with Crippen LogP contribution in [0.4, 0.5) is 18.0 Å². The number of piperazine rings is 1. The van der Waals surface area contributed by atoms with E-state index in [0.29, 0.717) is 38.3 Å². The summed E-state index contributed by atoms with van der Waals surface area (Å²) in [6.07, 6.45) is -4.56. The molecule has 4 amide bonds. The third-order valence-electron chi connectivity index (χ3n) is 5.11. The number of alkyl halides is 3. The first-order chi connectivity index (χ1) is 14.2. The SMILES string of the molecule is O=C(CC1C(=O)NCCN1Cc1cccc(C(F)(F)F)c1)NCCN1CCNC1=O. The van der Waals surface area contributed by atoms with E-state index in [-0.39, 0.29) is 37.4 Å². The van der Waals surface area contributed by atoms with Crippen molar-refractivity contribution in [3.05, 3.63) is 35.4 Å². The number of carbonyl (C=O) groups excluding carboxylic acids is 3. The zero-order chi connectivity index (χ0) is 21.7. The van der Waals surface area contributed by atoms with E-state index in [2.05, 4.69) is 16.0 Å². The molecule has 164 valence electrons. The number of hydrogen-bond donors (Lipinski definition) is 3. The van der Waals surface area contributed by atoms with Crippen LogP contribution in [0.3, 0.4) is 0 Å². The molecule has 0 radical (unpaired) electrons. The van der Waals surface area contributed by atoms with E-state index < -0.39 is 17.8 Å². The minimum atomic E-state index is -4.44. The fraction of sp³-hybridized carbons (Fsp3) is 0.526. The first-order valence-corrected chi connectivity index (χ1v) is 9.71. The molecule has 1 aromatic rings. The molecule has 8 nitrogen and oxygen atoms in total. The molecule has 0 aromatic heterocycles. The molecular weight excluding hydrogens is 403 g/mol. The summed E-state index contributed by atoms with van der Waals surface area (Å²) >= 11 is 0. The van der Waals surface area contributed by atoms with Gasteiger partial charge in [0, 0.05) is 45.8 Å². The van der Waals surface area contributed by atoms with Crippen LogP contribution >= 0.6 is 0 Å². The van der Waals surface area contributed by atoms with Crippen molar-refractivity contribution >= 4 is 17.8 Å². The Morgan fingerprint density at radius 2 is 1.93 bits per heavy atom. The summed E-state index contributed by atoms with van der Waals surface area (Å²) in [5.41, 5.74) is -0.327. The molecule has 0 spiro atoms. The van der Waals surface area contributed by atoms with Crippen LogP contribution in [0.2, 0.25) is 0 Å². The summed E-state index contributed by atoms with van der Waals surface area (Å²) in [5, 5.41) is 8.05. The molecule has 3 N–H and O–H groups in total. The highest BCUT2D eigenvalue weighted by atomic mass is 19.4. The summed E-state index contributed by atoms with van der Waals surface area (Å²) in [7, 11) is 0. The average Bonchev–Trinajstić information content (AvgIpc) is 3.09. The fourth-order valence-electron chi connectivity index (χ4n) is 3.56. The van der Waals surface area contributed by atoms with Crippen LogP contribution in [0, 0.1) is 0 Å². The van der Waals surface area contributed by atoms with E-state index in [9.17, 15) is 27.6 Å². The summed E-state index contributed by atoms with van der Waals surface area (Å²) in [6, 6.07) is 4.01. The van der Waals surface area contributed by atoms with Crippen LogP contribution in [-0.2, 0) is 22.3 Å². The van der Waals surface area contributed by atoms with Gasteiger partial charge in [0.15, 0.2) is 0 Å². The van der Waals surface area contributed by atoms with E-state index in [1.165, 1.54) is 6.07 Å². The van der Waals surface area contributed by atoms with Crippen LogP contribution in [0.25, 0.3) is 0 Å². The Kier molecular flexibility index (Phi) is 6.80. The minimum Gasteiger partial charge on any atom is -0.354 e. The highest BCUT2D eigenvalue weighted by molar-refractivity contribution is 5.88. The minimum absolute atomic E-state index is 0.114. The van der Waals surface area contributed by atoms with Gasteiger partial charge in [-0.25, -0.2) is 4.79 Å². The number of urea groups is 1. The van der Waals surface area contributed by atoms with Gasteiger partial charge < -0.3 is 20.9 Å². The smallest absolute Gasteiger partial charge is 0.354 e. The molecule has 2 aliphatic rings. The Balaban J connectivity index is 1.57. The average molecular weight is 427 g/mol. The largest absolute Gasteiger partial charge is 0.416 e. The number of amides is 4. The predicted molar refractivity (Wildman–Crippen MR) is 101 cm³/mol. The van der Waals surface area contributed by atoms with Crippen molar-refractivity contribution in [2.45, 2.75) is 25.2 Å². The molecule has 1 unspecified atom stereocenters. The summed E-state index contributed by atoms with van der Waals surface area (Å²) in [6.45, 7) is 2.68.